The fraction of sp³-hybridized carbons (Fsp3) is 0.333. The second kappa shape index (κ2) is 6.54. The Labute approximate surface area is 140 Å². The number of halogens is 3. The number of hydrogen-bond acceptors (Lipinski definition) is 5. The van der Waals surface area contributed by atoms with Gasteiger partial charge in [-0.25, -0.2) is 10.1 Å². The molecule has 0 atom stereocenters. The van der Waals surface area contributed by atoms with Crippen LogP contribution in [0.15, 0.2) is 29.4 Å². The highest BCUT2D eigenvalue weighted by Crippen LogP contribution is 2.26. The van der Waals surface area contributed by atoms with Crippen molar-refractivity contribution in [1.29, 1.82) is 0 Å². The number of rotatable bonds is 3. The molecule has 7 nitrogen and oxygen atoms in total. The zero-order chi connectivity index (χ0) is 18.0. The fourth-order valence-electron chi connectivity index (χ4n) is 2.61. The lowest BCUT2D eigenvalue weighted by molar-refractivity contribution is -0.145. The van der Waals surface area contributed by atoms with Gasteiger partial charge in [-0.05, 0) is 24.8 Å². The number of alkyl halides is 3. The number of benzene rings is 1. The summed E-state index contributed by atoms with van der Waals surface area (Å²) in [6.45, 7) is -0.507. The number of carbonyl (C=O) groups is 1. The smallest absolute Gasteiger partial charge is 0.368 e. The highest BCUT2D eigenvalue weighted by atomic mass is 19.4. The molecule has 0 saturated heterocycles. The number of aryl methyl sites for hydroxylation is 1. The van der Waals surface area contributed by atoms with E-state index in [1.54, 1.807) is 0 Å². The first-order chi connectivity index (χ1) is 11.8. The van der Waals surface area contributed by atoms with E-state index >= 15 is 0 Å². The van der Waals surface area contributed by atoms with Crippen LogP contribution in [0, 0.1) is 0 Å². The molecule has 1 amide bonds. The molecule has 1 aromatic heterocycles. The van der Waals surface area contributed by atoms with Crippen LogP contribution in [-0.2, 0) is 23.9 Å². The summed E-state index contributed by atoms with van der Waals surface area (Å²) in [5.41, 5.74) is 10.6. The van der Waals surface area contributed by atoms with Gasteiger partial charge >= 0.3 is 6.18 Å². The van der Waals surface area contributed by atoms with Gasteiger partial charge in [0.05, 0.1) is 5.71 Å². The van der Waals surface area contributed by atoms with E-state index in [0.717, 1.165) is 29.7 Å². The topological polar surface area (TPSA) is 98.2 Å². The Morgan fingerprint density at radius 3 is 2.80 bits per heavy atom. The summed E-state index contributed by atoms with van der Waals surface area (Å²) in [5.74, 6) is -2.51. The summed E-state index contributed by atoms with van der Waals surface area (Å²) in [6.07, 6.45) is -2.15. The summed E-state index contributed by atoms with van der Waals surface area (Å²) in [4.78, 5) is 15.0. The summed E-state index contributed by atoms with van der Waals surface area (Å²) in [5, 5.41) is 7.30. The first-order valence-corrected chi connectivity index (χ1v) is 7.56. The van der Waals surface area contributed by atoms with Gasteiger partial charge in [-0.1, -0.05) is 24.3 Å². The molecule has 0 fully saturated rings. The molecule has 10 heteroatoms. The van der Waals surface area contributed by atoms with Gasteiger partial charge in [0.15, 0.2) is 0 Å². The number of anilines is 1. The molecule has 25 heavy (non-hydrogen) atoms. The molecule has 0 unspecified atom stereocenters. The van der Waals surface area contributed by atoms with E-state index in [4.69, 9.17) is 5.73 Å². The summed E-state index contributed by atoms with van der Waals surface area (Å²) >= 11 is 0. The van der Waals surface area contributed by atoms with E-state index in [-0.39, 0.29) is 0 Å². The zero-order valence-corrected chi connectivity index (χ0v) is 13.0. The number of hydrogen-bond donors (Lipinski definition) is 2. The number of nitrogen functional groups attached to an aromatic ring is 1. The van der Waals surface area contributed by atoms with Crippen molar-refractivity contribution in [1.82, 2.24) is 20.2 Å². The first kappa shape index (κ1) is 16.9. The Morgan fingerprint density at radius 2 is 2.08 bits per heavy atom. The molecule has 132 valence electrons. The third-order valence-corrected chi connectivity index (χ3v) is 3.75. The van der Waals surface area contributed by atoms with E-state index in [1.807, 2.05) is 24.3 Å². The van der Waals surface area contributed by atoms with Gasteiger partial charge < -0.3 is 5.73 Å². The highest BCUT2D eigenvalue weighted by molar-refractivity contribution is 6.03. The van der Waals surface area contributed by atoms with Crippen LogP contribution in [0.2, 0.25) is 0 Å². The molecule has 3 rings (SSSR count). The van der Waals surface area contributed by atoms with Gasteiger partial charge in [0.1, 0.15) is 6.54 Å². The Kier molecular flexibility index (Phi) is 4.43. The van der Waals surface area contributed by atoms with Crippen molar-refractivity contribution in [3.63, 3.8) is 0 Å². The largest absolute Gasteiger partial charge is 0.453 e. The average Bonchev–Trinajstić information content (AvgIpc) is 2.94. The molecule has 0 bridgehead atoms. The SMILES string of the molecule is Nc1nc(C(F)(F)F)nn1CC(=O)NN=C1CCCc2ccccc21. The van der Waals surface area contributed by atoms with Gasteiger partial charge in [-0.15, -0.1) is 5.10 Å². The first-order valence-electron chi connectivity index (χ1n) is 7.56. The van der Waals surface area contributed by atoms with Crippen LogP contribution in [0.1, 0.15) is 29.8 Å². The van der Waals surface area contributed by atoms with Crippen LogP contribution in [0.3, 0.4) is 0 Å². The Hall–Kier alpha value is -2.91. The lowest BCUT2D eigenvalue weighted by atomic mass is 9.90. The third-order valence-electron chi connectivity index (χ3n) is 3.75. The quantitative estimate of drug-likeness (QED) is 0.822. The number of fused-ring (bicyclic) bond motifs is 1. The second-order valence-electron chi connectivity index (χ2n) is 5.55. The van der Waals surface area contributed by atoms with Crippen molar-refractivity contribution in [2.45, 2.75) is 32.0 Å². The number of hydrazone groups is 1. The molecule has 2 aromatic rings. The van der Waals surface area contributed by atoms with E-state index < -0.39 is 30.4 Å². The minimum absolute atomic E-state index is 0.488. The van der Waals surface area contributed by atoms with Crippen molar-refractivity contribution in [3.8, 4) is 0 Å². The number of nitrogens with one attached hydrogen (secondary N) is 1. The van der Waals surface area contributed by atoms with E-state index in [9.17, 15) is 18.0 Å². The molecule has 0 aliphatic heterocycles. The van der Waals surface area contributed by atoms with Crippen molar-refractivity contribution in [2.75, 3.05) is 5.73 Å². The molecule has 0 radical (unpaired) electrons. The molecule has 0 saturated carbocycles. The van der Waals surface area contributed by atoms with Gasteiger partial charge in [0, 0.05) is 5.56 Å². The molecule has 1 aromatic carbocycles. The normalized spacial score (nSPS) is 15.9. The van der Waals surface area contributed by atoms with Crippen LogP contribution in [0.4, 0.5) is 19.1 Å². The number of carbonyl (C=O) groups excluding carboxylic acids is 1. The van der Waals surface area contributed by atoms with Gasteiger partial charge in [-0.2, -0.15) is 23.3 Å². The Balaban J connectivity index is 1.69. The maximum Gasteiger partial charge on any atom is 0.453 e. The monoisotopic (exact) mass is 352 g/mol. The van der Waals surface area contributed by atoms with Crippen LogP contribution in [0.25, 0.3) is 0 Å². The molecule has 0 spiro atoms. The lowest BCUT2D eigenvalue weighted by Crippen LogP contribution is -2.27. The van der Waals surface area contributed by atoms with Crippen molar-refractivity contribution < 1.29 is 18.0 Å². The minimum Gasteiger partial charge on any atom is -0.368 e. The number of amides is 1. The predicted molar refractivity (Wildman–Crippen MR) is 83.5 cm³/mol. The van der Waals surface area contributed by atoms with Crippen LogP contribution in [0.5, 0.6) is 0 Å². The average molecular weight is 352 g/mol. The standard InChI is InChI=1S/C15H15F3N6O/c16-15(17,18)13-20-14(19)24(23-13)8-12(25)22-21-11-7-3-5-9-4-1-2-6-10(9)11/h1-2,4,6H,3,5,7-8H2,(H,22,25)(H2,19,20,23). The van der Waals surface area contributed by atoms with Crippen LogP contribution >= 0.6 is 0 Å². The molecule has 1 aliphatic rings. The zero-order valence-electron chi connectivity index (χ0n) is 13.0. The van der Waals surface area contributed by atoms with Gasteiger partial charge in [-0.3, -0.25) is 4.79 Å². The van der Waals surface area contributed by atoms with Gasteiger partial charge in [0.25, 0.3) is 11.7 Å². The molecule has 1 aliphatic carbocycles. The van der Waals surface area contributed by atoms with Gasteiger partial charge in [0.2, 0.25) is 5.95 Å². The Morgan fingerprint density at radius 1 is 1.32 bits per heavy atom. The van der Waals surface area contributed by atoms with Crippen LogP contribution in [-0.4, -0.2) is 26.4 Å². The number of nitrogens with two attached hydrogens (primary N) is 1. The second-order valence-corrected chi connectivity index (χ2v) is 5.55. The Bertz CT molecular complexity index is 827. The lowest BCUT2D eigenvalue weighted by Gasteiger charge is -2.17. The number of nitrogens with zero attached hydrogens (tertiary/aromatic N) is 4. The fourth-order valence-corrected chi connectivity index (χ4v) is 2.61. The van der Waals surface area contributed by atoms with Crippen molar-refractivity contribution >= 4 is 17.6 Å². The van der Waals surface area contributed by atoms with Crippen molar-refractivity contribution in [3.05, 3.63) is 41.2 Å². The maximum atomic E-state index is 12.5. The van der Waals surface area contributed by atoms with E-state index in [0.29, 0.717) is 11.1 Å². The summed E-state index contributed by atoms with van der Waals surface area (Å²) < 4.78 is 38.3. The van der Waals surface area contributed by atoms with Crippen molar-refractivity contribution in [2.24, 2.45) is 5.10 Å². The predicted octanol–water partition coefficient (Wildman–Crippen LogP) is 1.74. The molecular formula is C15H15F3N6O. The minimum atomic E-state index is -4.72. The van der Waals surface area contributed by atoms with Crippen LogP contribution < -0.4 is 11.2 Å². The molecule has 3 N–H and O–H groups in total. The van der Waals surface area contributed by atoms with E-state index in [2.05, 4.69) is 20.6 Å². The molecule has 1 heterocycles. The summed E-state index contributed by atoms with van der Waals surface area (Å²) in [7, 11) is 0. The highest BCUT2D eigenvalue weighted by Gasteiger charge is 2.37. The molecular weight excluding hydrogens is 337 g/mol. The third kappa shape index (κ3) is 3.78. The number of aromatic nitrogens is 3. The maximum absolute atomic E-state index is 12.5. The summed E-state index contributed by atoms with van der Waals surface area (Å²) in [6, 6.07) is 7.74. The van der Waals surface area contributed by atoms with E-state index in [1.165, 1.54) is 0 Å².